The minimum atomic E-state index is -0.536. The van der Waals surface area contributed by atoms with Gasteiger partial charge in [0.25, 0.3) is 5.91 Å². The SMILES string of the molecule is CCN(CC)C(=O)c1sc(NC(=S)Nc2c(C)nn(Cc3cccc(Oc4ccccc4)c3)c2C)c(C(=O)OC)c1C. The summed E-state index contributed by atoms with van der Waals surface area (Å²) in [6.45, 7) is 11.1. The summed E-state index contributed by atoms with van der Waals surface area (Å²) in [5.41, 5.74) is 4.30. The number of para-hydroxylation sites is 1. The van der Waals surface area contributed by atoms with Crippen molar-refractivity contribution in [2.45, 2.75) is 41.2 Å². The number of hydrogen-bond donors (Lipinski definition) is 2. The van der Waals surface area contributed by atoms with Crippen LogP contribution < -0.4 is 15.4 Å². The van der Waals surface area contributed by atoms with E-state index >= 15 is 0 Å². The predicted molar refractivity (Wildman–Crippen MR) is 171 cm³/mol. The van der Waals surface area contributed by atoms with E-state index in [4.69, 9.17) is 26.8 Å². The maximum absolute atomic E-state index is 13.1. The highest BCUT2D eigenvalue weighted by atomic mass is 32.1. The summed E-state index contributed by atoms with van der Waals surface area (Å²) in [5.74, 6) is 0.849. The molecule has 220 valence electrons. The Kier molecular flexibility index (Phi) is 9.97. The number of hydrogen-bond acceptors (Lipinski definition) is 7. The van der Waals surface area contributed by atoms with Gasteiger partial charge in [-0.25, -0.2) is 4.79 Å². The Hall–Kier alpha value is -4.22. The summed E-state index contributed by atoms with van der Waals surface area (Å²) >= 11 is 6.83. The molecule has 0 saturated heterocycles. The van der Waals surface area contributed by atoms with E-state index < -0.39 is 5.97 Å². The average molecular weight is 606 g/mol. The lowest BCUT2D eigenvalue weighted by Gasteiger charge is -2.18. The minimum Gasteiger partial charge on any atom is -0.465 e. The summed E-state index contributed by atoms with van der Waals surface area (Å²) in [4.78, 5) is 28.0. The Morgan fingerprint density at radius 1 is 1.00 bits per heavy atom. The molecule has 4 aromatic rings. The van der Waals surface area contributed by atoms with E-state index in [1.54, 1.807) is 11.8 Å². The summed E-state index contributed by atoms with van der Waals surface area (Å²) in [6, 6.07) is 17.5. The van der Waals surface area contributed by atoms with Crippen LogP contribution in [-0.2, 0) is 11.3 Å². The molecule has 2 N–H and O–H groups in total. The van der Waals surface area contributed by atoms with E-state index in [2.05, 4.69) is 10.6 Å². The third-order valence-corrected chi connectivity index (χ3v) is 8.24. The Balaban J connectivity index is 1.52. The van der Waals surface area contributed by atoms with Crippen LogP contribution in [0.25, 0.3) is 0 Å². The number of rotatable bonds is 10. The number of thiocarbonyl (C=S) groups is 1. The van der Waals surface area contributed by atoms with Crippen molar-refractivity contribution < 1.29 is 19.1 Å². The molecule has 0 saturated carbocycles. The second kappa shape index (κ2) is 13.6. The molecular formula is C31H35N5O4S2. The molecule has 0 radical (unpaired) electrons. The maximum Gasteiger partial charge on any atom is 0.341 e. The Morgan fingerprint density at radius 3 is 2.36 bits per heavy atom. The van der Waals surface area contributed by atoms with Crippen LogP contribution in [0.3, 0.4) is 0 Å². The van der Waals surface area contributed by atoms with Crippen molar-refractivity contribution >= 4 is 51.2 Å². The molecule has 2 aromatic heterocycles. The zero-order chi connectivity index (χ0) is 30.4. The van der Waals surface area contributed by atoms with Gasteiger partial charge in [0, 0.05) is 13.1 Å². The standard InChI is InChI=1S/C31H35N5O4S2/c1-7-35(8-2)29(37)27-19(3)25(30(38)39-6)28(42-27)33-31(41)32-26-20(4)34-36(21(26)5)18-22-13-12-16-24(17-22)40-23-14-10-9-11-15-23/h9-17H,7-8,18H2,1-6H3,(H2,32,33,41). The quantitative estimate of drug-likeness (QED) is 0.151. The topological polar surface area (TPSA) is 97.7 Å². The molecule has 0 bridgehead atoms. The van der Waals surface area contributed by atoms with Crippen LogP contribution >= 0.6 is 23.6 Å². The molecule has 1 amide bonds. The van der Waals surface area contributed by atoms with Gasteiger partial charge >= 0.3 is 5.97 Å². The van der Waals surface area contributed by atoms with Gasteiger partial charge in [0.2, 0.25) is 0 Å². The minimum absolute atomic E-state index is 0.134. The first-order valence-corrected chi connectivity index (χ1v) is 14.8. The zero-order valence-electron chi connectivity index (χ0n) is 24.6. The van der Waals surface area contributed by atoms with Gasteiger partial charge in [-0.2, -0.15) is 5.10 Å². The molecule has 42 heavy (non-hydrogen) atoms. The number of carbonyl (C=O) groups excluding carboxylic acids is 2. The van der Waals surface area contributed by atoms with Gasteiger partial charge in [0.05, 0.1) is 41.2 Å². The van der Waals surface area contributed by atoms with Crippen LogP contribution in [0.2, 0.25) is 0 Å². The highest BCUT2D eigenvalue weighted by Crippen LogP contribution is 2.35. The Bertz CT molecular complexity index is 1590. The van der Waals surface area contributed by atoms with Gasteiger partial charge in [0.1, 0.15) is 16.5 Å². The van der Waals surface area contributed by atoms with Crippen LogP contribution in [0, 0.1) is 20.8 Å². The fraction of sp³-hybridized carbons (Fsp3) is 0.290. The first kappa shape index (κ1) is 30.7. The van der Waals surface area contributed by atoms with Gasteiger partial charge in [-0.3, -0.25) is 9.48 Å². The molecular weight excluding hydrogens is 571 g/mol. The van der Waals surface area contributed by atoms with Crippen molar-refractivity contribution in [3.8, 4) is 11.5 Å². The van der Waals surface area contributed by atoms with Crippen LogP contribution in [0.15, 0.2) is 54.6 Å². The lowest BCUT2D eigenvalue weighted by molar-refractivity contribution is 0.0601. The number of nitrogens with zero attached hydrogens (tertiary/aromatic N) is 3. The number of esters is 1. The number of anilines is 2. The molecule has 11 heteroatoms. The fourth-order valence-electron chi connectivity index (χ4n) is 4.59. The van der Waals surface area contributed by atoms with Crippen molar-refractivity contribution in [3.63, 3.8) is 0 Å². The molecule has 2 heterocycles. The Labute approximate surface area is 255 Å². The fourth-order valence-corrected chi connectivity index (χ4v) is 6.03. The number of amides is 1. The van der Waals surface area contributed by atoms with Gasteiger partial charge in [0.15, 0.2) is 5.11 Å². The van der Waals surface area contributed by atoms with Crippen LogP contribution in [0.4, 0.5) is 10.7 Å². The van der Waals surface area contributed by atoms with E-state index in [9.17, 15) is 9.59 Å². The van der Waals surface area contributed by atoms with Gasteiger partial charge in [-0.05, 0) is 82.2 Å². The maximum atomic E-state index is 13.1. The number of methoxy groups -OCH3 is 1. The van der Waals surface area contributed by atoms with Crippen molar-refractivity contribution in [1.82, 2.24) is 14.7 Å². The first-order valence-electron chi connectivity index (χ1n) is 13.6. The lowest BCUT2D eigenvalue weighted by Crippen LogP contribution is -2.30. The predicted octanol–water partition coefficient (Wildman–Crippen LogP) is 6.79. The number of aryl methyl sites for hydroxylation is 1. The molecule has 0 spiro atoms. The van der Waals surface area contributed by atoms with Gasteiger partial charge in [-0.1, -0.05) is 30.3 Å². The van der Waals surface area contributed by atoms with E-state index in [1.807, 2.05) is 87.0 Å². The van der Waals surface area contributed by atoms with Crippen LogP contribution in [-0.4, -0.2) is 51.9 Å². The number of aromatic nitrogens is 2. The number of nitrogens with one attached hydrogen (secondary N) is 2. The van der Waals surface area contributed by atoms with Gasteiger partial charge in [-0.15, -0.1) is 11.3 Å². The van der Waals surface area contributed by atoms with Crippen LogP contribution in [0.1, 0.15) is 56.4 Å². The van der Waals surface area contributed by atoms with Crippen LogP contribution in [0.5, 0.6) is 11.5 Å². The third kappa shape index (κ3) is 6.80. The molecule has 9 nitrogen and oxygen atoms in total. The molecule has 0 aliphatic rings. The summed E-state index contributed by atoms with van der Waals surface area (Å²) in [5, 5.41) is 11.8. The second-order valence-electron chi connectivity index (χ2n) is 9.57. The summed E-state index contributed by atoms with van der Waals surface area (Å²) in [6.07, 6.45) is 0. The number of carbonyl (C=O) groups is 2. The summed E-state index contributed by atoms with van der Waals surface area (Å²) in [7, 11) is 1.32. The number of thiophene rings is 1. The third-order valence-electron chi connectivity index (χ3n) is 6.84. The largest absolute Gasteiger partial charge is 0.465 e. The molecule has 2 aromatic carbocycles. The monoisotopic (exact) mass is 605 g/mol. The average Bonchev–Trinajstić information content (AvgIpc) is 3.43. The smallest absolute Gasteiger partial charge is 0.341 e. The highest BCUT2D eigenvalue weighted by molar-refractivity contribution is 7.80. The van der Waals surface area contributed by atoms with E-state index in [0.29, 0.717) is 40.6 Å². The van der Waals surface area contributed by atoms with E-state index in [-0.39, 0.29) is 11.0 Å². The molecule has 0 aliphatic carbocycles. The van der Waals surface area contributed by atoms with Crippen molar-refractivity contribution in [2.75, 3.05) is 30.8 Å². The molecule has 0 aliphatic heterocycles. The van der Waals surface area contributed by atoms with Crippen molar-refractivity contribution in [3.05, 3.63) is 87.6 Å². The molecule has 0 fully saturated rings. The molecule has 0 atom stereocenters. The zero-order valence-corrected chi connectivity index (χ0v) is 26.2. The first-order chi connectivity index (χ1) is 20.2. The van der Waals surface area contributed by atoms with E-state index in [0.717, 1.165) is 34.1 Å². The van der Waals surface area contributed by atoms with E-state index in [1.165, 1.54) is 18.4 Å². The molecule has 4 rings (SSSR count). The van der Waals surface area contributed by atoms with Gasteiger partial charge < -0.3 is 25.0 Å². The molecule has 0 unspecified atom stereocenters. The second-order valence-corrected chi connectivity index (χ2v) is 11.0. The number of ether oxygens (including phenoxy) is 2. The number of benzene rings is 2. The van der Waals surface area contributed by atoms with Crippen molar-refractivity contribution in [2.24, 2.45) is 0 Å². The summed E-state index contributed by atoms with van der Waals surface area (Å²) < 4.78 is 12.9. The highest BCUT2D eigenvalue weighted by Gasteiger charge is 2.28. The van der Waals surface area contributed by atoms with Crippen molar-refractivity contribution in [1.29, 1.82) is 0 Å². The normalized spacial score (nSPS) is 10.7. The lowest BCUT2D eigenvalue weighted by atomic mass is 10.1. The Morgan fingerprint density at radius 2 is 1.69 bits per heavy atom.